The summed E-state index contributed by atoms with van der Waals surface area (Å²) in [5, 5.41) is 6.21. The molecule has 9 heteroatoms. The van der Waals surface area contributed by atoms with Crippen LogP contribution in [-0.2, 0) is 11.3 Å². The van der Waals surface area contributed by atoms with Crippen molar-refractivity contribution in [3.8, 4) is 0 Å². The van der Waals surface area contributed by atoms with Gasteiger partial charge in [-0.15, -0.1) is 0 Å². The highest BCUT2D eigenvalue weighted by molar-refractivity contribution is 5.97. The normalized spacial score (nSPS) is 18.2. The molecule has 2 N–H and O–H groups in total. The van der Waals surface area contributed by atoms with E-state index in [1.54, 1.807) is 0 Å². The van der Waals surface area contributed by atoms with Crippen LogP contribution in [0.4, 0.5) is 35.0 Å². The zero-order valence-corrected chi connectivity index (χ0v) is 21.4. The second-order valence-electron chi connectivity index (χ2n) is 9.99. The molecule has 0 bridgehead atoms. The van der Waals surface area contributed by atoms with Crippen LogP contribution in [-0.4, -0.2) is 41.6 Å². The van der Waals surface area contributed by atoms with E-state index in [2.05, 4.69) is 10.6 Å². The fourth-order valence-electron chi connectivity index (χ4n) is 5.43. The Kier molecular flexibility index (Phi) is 7.99. The van der Waals surface area contributed by atoms with Crippen molar-refractivity contribution in [2.75, 3.05) is 23.3 Å². The number of carbonyl (C=O) groups is 2. The summed E-state index contributed by atoms with van der Waals surface area (Å²) >= 11 is 0. The van der Waals surface area contributed by atoms with Gasteiger partial charge in [0.05, 0.1) is 11.5 Å². The van der Waals surface area contributed by atoms with Crippen LogP contribution in [0, 0.1) is 5.92 Å². The van der Waals surface area contributed by atoms with Crippen LogP contribution in [0.5, 0.6) is 0 Å². The first kappa shape index (κ1) is 26.8. The van der Waals surface area contributed by atoms with Crippen LogP contribution in [0.25, 0.3) is 0 Å². The molecule has 37 heavy (non-hydrogen) atoms. The molecule has 6 nitrogen and oxygen atoms in total. The quantitative estimate of drug-likeness (QED) is 0.435. The lowest BCUT2D eigenvalue weighted by molar-refractivity contribution is -0.179. The van der Waals surface area contributed by atoms with E-state index in [0.29, 0.717) is 32.5 Å². The monoisotopic (exact) mass is 516 g/mol. The number of piperidine rings is 1. The van der Waals surface area contributed by atoms with Crippen LogP contribution in [0.1, 0.15) is 57.9 Å². The third-order valence-electron chi connectivity index (χ3n) is 7.92. The molecule has 0 saturated carbocycles. The second kappa shape index (κ2) is 11.0. The lowest BCUT2D eigenvalue weighted by Gasteiger charge is -2.35. The van der Waals surface area contributed by atoms with Crippen LogP contribution >= 0.6 is 0 Å². The van der Waals surface area contributed by atoms with E-state index in [9.17, 15) is 22.8 Å². The number of alkyl halides is 3. The van der Waals surface area contributed by atoms with Crippen molar-refractivity contribution in [3.63, 3.8) is 0 Å². The third kappa shape index (κ3) is 6.02. The van der Waals surface area contributed by atoms with Gasteiger partial charge in [0.15, 0.2) is 0 Å². The standard InChI is InChI=1S/C28H35F3N4O2/c1-3-27(4-2)16-13-25(36)35(27)26(37)32-19-20-5-7-22(8-6-20)33-23-9-11-24(12-10-23)34-17-14-21(15-18-34)28(29,30)31/h5-12,21,33H,3-4,13-19H2,1-2H3,(H,32,37). The first-order valence-electron chi connectivity index (χ1n) is 13.0. The van der Waals surface area contributed by atoms with Gasteiger partial charge in [-0.1, -0.05) is 26.0 Å². The summed E-state index contributed by atoms with van der Waals surface area (Å²) in [4.78, 5) is 28.6. The largest absolute Gasteiger partial charge is 0.391 e. The van der Waals surface area contributed by atoms with Crippen molar-refractivity contribution in [2.24, 2.45) is 5.92 Å². The molecule has 0 unspecified atom stereocenters. The SMILES string of the molecule is CCC1(CC)CCC(=O)N1C(=O)NCc1ccc(Nc2ccc(N3CCC(C(F)(F)F)CC3)cc2)cc1. The lowest BCUT2D eigenvalue weighted by atomic mass is 9.90. The number of rotatable bonds is 7. The number of likely N-dealkylation sites (tertiary alicyclic amines) is 1. The second-order valence-corrected chi connectivity index (χ2v) is 9.99. The summed E-state index contributed by atoms with van der Waals surface area (Å²) in [5.41, 5.74) is 3.20. The highest BCUT2D eigenvalue weighted by Gasteiger charge is 2.46. The summed E-state index contributed by atoms with van der Waals surface area (Å²) < 4.78 is 38.7. The van der Waals surface area contributed by atoms with Gasteiger partial charge in [0.2, 0.25) is 5.91 Å². The van der Waals surface area contributed by atoms with Crippen LogP contribution < -0.4 is 15.5 Å². The number of hydrogen-bond acceptors (Lipinski definition) is 4. The maximum atomic E-state index is 12.9. The molecule has 2 saturated heterocycles. The molecule has 0 aromatic heterocycles. The van der Waals surface area contributed by atoms with E-state index in [-0.39, 0.29) is 30.3 Å². The Morgan fingerprint density at radius 3 is 2.08 bits per heavy atom. The molecule has 0 atom stereocenters. The number of amides is 3. The minimum atomic E-state index is -4.11. The number of anilines is 3. The minimum absolute atomic E-state index is 0.113. The first-order valence-corrected chi connectivity index (χ1v) is 13.0. The van der Waals surface area contributed by atoms with E-state index in [0.717, 1.165) is 35.5 Å². The predicted molar refractivity (Wildman–Crippen MR) is 139 cm³/mol. The molecule has 0 aliphatic carbocycles. The van der Waals surface area contributed by atoms with E-state index >= 15 is 0 Å². The highest BCUT2D eigenvalue weighted by Crippen LogP contribution is 2.37. The number of carbonyl (C=O) groups excluding carboxylic acids is 2. The van der Waals surface area contributed by atoms with Crippen molar-refractivity contribution in [1.29, 1.82) is 0 Å². The fraction of sp³-hybridized carbons (Fsp3) is 0.500. The van der Waals surface area contributed by atoms with E-state index in [1.807, 2.05) is 67.3 Å². The predicted octanol–water partition coefficient (Wildman–Crippen LogP) is 6.60. The van der Waals surface area contributed by atoms with Gasteiger partial charge in [0.25, 0.3) is 0 Å². The number of benzene rings is 2. The van der Waals surface area contributed by atoms with Crippen molar-refractivity contribution < 1.29 is 22.8 Å². The maximum Gasteiger partial charge on any atom is 0.391 e. The minimum Gasteiger partial charge on any atom is -0.372 e. The topological polar surface area (TPSA) is 64.7 Å². The number of halogens is 3. The fourth-order valence-corrected chi connectivity index (χ4v) is 5.43. The molecule has 2 aliphatic rings. The summed E-state index contributed by atoms with van der Waals surface area (Å²) in [6.45, 7) is 5.16. The Balaban J connectivity index is 1.28. The Bertz CT molecular complexity index is 1070. The van der Waals surface area contributed by atoms with Crippen molar-refractivity contribution in [2.45, 2.75) is 70.6 Å². The smallest absolute Gasteiger partial charge is 0.372 e. The number of hydrogen-bond donors (Lipinski definition) is 2. The van der Waals surface area contributed by atoms with Gasteiger partial charge in [0, 0.05) is 43.1 Å². The zero-order valence-electron chi connectivity index (χ0n) is 21.4. The molecule has 2 aromatic rings. The van der Waals surface area contributed by atoms with Gasteiger partial charge in [-0.3, -0.25) is 9.69 Å². The number of imide groups is 1. The highest BCUT2D eigenvalue weighted by atomic mass is 19.4. The summed E-state index contributed by atoms with van der Waals surface area (Å²) in [7, 11) is 0. The maximum absolute atomic E-state index is 12.9. The molecule has 2 aromatic carbocycles. The Morgan fingerprint density at radius 1 is 0.973 bits per heavy atom. The number of urea groups is 1. The molecule has 0 spiro atoms. The van der Waals surface area contributed by atoms with Crippen molar-refractivity contribution >= 4 is 29.0 Å². The molecule has 200 valence electrons. The van der Waals surface area contributed by atoms with Gasteiger partial charge in [-0.25, -0.2) is 4.79 Å². The van der Waals surface area contributed by atoms with E-state index in [1.165, 1.54) is 4.90 Å². The van der Waals surface area contributed by atoms with Crippen LogP contribution in [0.15, 0.2) is 48.5 Å². The number of nitrogens with zero attached hydrogens (tertiary/aromatic N) is 2. The van der Waals surface area contributed by atoms with Gasteiger partial charge < -0.3 is 15.5 Å². The molecular weight excluding hydrogens is 481 g/mol. The van der Waals surface area contributed by atoms with Gasteiger partial charge in [-0.05, 0) is 74.1 Å². The molecule has 2 heterocycles. The molecule has 3 amide bonds. The molecule has 2 fully saturated rings. The van der Waals surface area contributed by atoms with Crippen molar-refractivity contribution in [3.05, 3.63) is 54.1 Å². The van der Waals surface area contributed by atoms with Gasteiger partial charge in [0.1, 0.15) is 0 Å². The first-order chi connectivity index (χ1) is 17.6. The lowest BCUT2D eigenvalue weighted by Crippen LogP contribution is -2.52. The third-order valence-corrected chi connectivity index (χ3v) is 7.92. The van der Waals surface area contributed by atoms with E-state index in [4.69, 9.17) is 0 Å². The molecule has 4 rings (SSSR count). The summed E-state index contributed by atoms with van der Waals surface area (Å²) in [6.07, 6.45) is -1.23. The molecule has 0 radical (unpaired) electrons. The molecule has 2 aliphatic heterocycles. The van der Waals surface area contributed by atoms with Gasteiger partial charge in [-0.2, -0.15) is 13.2 Å². The Hall–Kier alpha value is -3.23. The van der Waals surface area contributed by atoms with Crippen molar-refractivity contribution in [1.82, 2.24) is 10.2 Å². The summed E-state index contributed by atoms with van der Waals surface area (Å²) in [5.74, 6) is -1.32. The van der Waals surface area contributed by atoms with Gasteiger partial charge >= 0.3 is 12.2 Å². The number of nitrogens with one attached hydrogen (secondary N) is 2. The van der Waals surface area contributed by atoms with E-state index < -0.39 is 12.1 Å². The average molecular weight is 517 g/mol. The zero-order chi connectivity index (χ0) is 26.6. The van der Waals surface area contributed by atoms with Crippen LogP contribution in [0.3, 0.4) is 0 Å². The van der Waals surface area contributed by atoms with Crippen LogP contribution in [0.2, 0.25) is 0 Å². The molecular formula is C28H35F3N4O2. The Morgan fingerprint density at radius 2 is 1.54 bits per heavy atom. The summed E-state index contributed by atoms with van der Waals surface area (Å²) in [6, 6.07) is 15.0. The Labute approximate surface area is 216 Å². The average Bonchev–Trinajstić information content (AvgIpc) is 3.25.